The van der Waals surface area contributed by atoms with Gasteiger partial charge in [0.25, 0.3) is 0 Å². The molecular formula is C21H20N2O3. The van der Waals surface area contributed by atoms with Gasteiger partial charge in [-0.3, -0.25) is 0 Å². The number of esters is 1. The summed E-state index contributed by atoms with van der Waals surface area (Å²) in [7, 11) is 0. The van der Waals surface area contributed by atoms with E-state index in [1.54, 1.807) is 13.0 Å². The van der Waals surface area contributed by atoms with Gasteiger partial charge in [-0.1, -0.05) is 72.8 Å². The number of amides is 2. The highest BCUT2D eigenvalue weighted by Crippen LogP contribution is 2.17. The molecule has 26 heavy (non-hydrogen) atoms. The lowest BCUT2D eigenvalue weighted by molar-refractivity contribution is -0.140. The van der Waals surface area contributed by atoms with Crippen LogP contribution in [0.4, 0.5) is 4.79 Å². The molecular weight excluding hydrogens is 328 g/mol. The van der Waals surface area contributed by atoms with Crippen LogP contribution in [0.1, 0.15) is 18.1 Å². The first kappa shape index (κ1) is 17.5. The van der Waals surface area contributed by atoms with Crippen LogP contribution in [-0.4, -0.2) is 18.0 Å². The first-order valence-electron chi connectivity index (χ1n) is 8.36. The van der Waals surface area contributed by atoms with E-state index in [4.69, 9.17) is 4.74 Å². The van der Waals surface area contributed by atoms with Crippen molar-refractivity contribution < 1.29 is 14.3 Å². The summed E-state index contributed by atoms with van der Waals surface area (Å²) in [6.07, 6.45) is 3.66. The fourth-order valence-electron chi connectivity index (χ4n) is 2.72. The number of carbonyl (C=O) groups excluding carboxylic acids is 2. The van der Waals surface area contributed by atoms with Crippen molar-refractivity contribution in [3.05, 3.63) is 89.1 Å². The average molecular weight is 348 g/mol. The van der Waals surface area contributed by atoms with Crippen molar-refractivity contribution in [1.82, 2.24) is 10.6 Å². The molecule has 5 nitrogen and oxygen atoms in total. The standard InChI is InChI=1S/C21H20N2O3/c1-15-19(20(24)26-14-17-10-6-3-7-11-17)18(23-21(25)22-15)13-12-16-8-4-2-5-9-16/h2-13,18H,14H2,1H3,(H2,22,23,25)/b13-12-/t18-/m0/s1. The normalized spacial score (nSPS) is 17.0. The molecule has 0 bridgehead atoms. The van der Waals surface area contributed by atoms with Gasteiger partial charge in [-0.2, -0.15) is 0 Å². The predicted molar refractivity (Wildman–Crippen MR) is 99.9 cm³/mol. The minimum atomic E-state index is -0.549. The van der Waals surface area contributed by atoms with Gasteiger partial charge in [-0.25, -0.2) is 9.59 Å². The quantitative estimate of drug-likeness (QED) is 0.814. The Hall–Kier alpha value is -3.34. The fourth-order valence-corrected chi connectivity index (χ4v) is 2.72. The van der Waals surface area contributed by atoms with Crippen molar-refractivity contribution in [2.24, 2.45) is 0 Å². The fraction of sp³-hybridized carbons (Fsp3) is 0.143. The number of ether oxygens (including phenoxy) is 1. The first-order chi connectivity index (χ1) is 12.6. The summed E-state index contributed by atoms with van der Waals surface area (Å²) < 4.78 is 5.43. The number of benzene rings is 2. The van der Waals surface area contributed by atoms with Crippen LogP contribution in [0.5, 0.6) is 0 Å². The highest BCUT2D eigenvalue weighted by Gasteiger charge is 2.29. The van der Waals surface area contributed by atoms with E-state index < -0.39 is 12.0 Å². The van der Waals surface area contributed by atoms with E-state index in [-0.39, 0.29) is 12.6 Å². The van der Waals surface area contributed by atoms with Crippen molar-refractivity contribution >= 4 is 18.1 Å². The monoisotopic (exact) mass is 348 g/mol. The number of allylic oxidation sites excluding steroid dienone is 1. The molecule has 1 atom stereocenters. The maximum Gasteiger partial charge on any atom is 0.338 e. The van der Waals surface area contributed by atoms with E-state index in [2.05, 4.69) is 10.6 Å². The Morgan fingerprint density at radius 1 is 1.08 bits per heavy atom. The summed E-state index contributed by atoms with van der Waals surface area (Å²) in [6, 6.07) is 18.3. The lowest BCUT2D eigenvalue weighted by Gasteiger charge is -2.25. The van der Waals surface area contributed by atoms with Gasteiger partial charge in [0.05, 0.1) is 11.6 Å². The third kappa shape index (κ3) is 4.39. The largest absolute Gasteiger partial charge is 0.457 e. The van der Waals surface area contributed by atoms with Crippen molar-refractivity contribution in [3.63, 3.8) is 0 Å². The van der Waals surface area contributed by atoms with Gasteiger partial charge in [0.15, 0.2) is 0 Å². The molecule has 1 aliphatic rings. The Bertz CT molecular complexity index is 842. The van der Waals surface area contributed by atoms with Crippen molar-refractivity contribution in [2.45, 2.75) is 19.6 Å². The Kier molecular flexibility index (Phi) is 5.49. The second-order valence-corrected chi connectivity index (χ2v) is 5.95. The highest BCUT2D eigenvalue weighted by atomic mass is 16.5. The van der Waals surface area contributed by atoms with E-state index in [1.165, 1.54) is 0 Å². The number of carbonyl (C=O) groups is 2. The van der Waals surface area contributed by atoms with Crippen LogP contribution in [0.2, 0.25) is 0 Å². The van der Waals surface area contributed by atoms with E-state index in [0.29, 0.717) is 11.3 Å². The maximum absolute atomic E-state index is 12.6. The van der Waals surface area contributed by atoms with Gasteiger partial charge in [0.2, 0.25) is 0 Å². The molecule has 2 aromatic rings. The van der Waals surface area contributed by atoms with E-state index in [0.717, 1.165) is 11.1 Å². The van der Waals surface area contributed by atoms with Gasteiger partial charge in [-0.15, -0.1) is 0 Å². The third-order valence-electron chi connectivity index (χ3n) is 4.02. The van der Waals surface area contributed by atoms with Crippen LogP contribution in [0.15, 0.2) is 78.0 Å². The molecule has 0 saturated carbocycles. The molecule has 1 aliphatic heterocycles. The zero-order valence-electron chi connectivity index (χ0n) is 14.4. The first-order valence-corrected chi connectivity index (χ1v) is 8.36. The van der Waals surface area contributed by atoms with Crippen LogP contribution in [-0.2, 0) is 16.1 Å². The minimum absolute atomic E-state index is 0.180. The molecule has 5 heteroatoms. The Morgan fingerprint density at radius 3 is 2.42 bits per heavy atom. The minimum Gasteiger partial charge on any atom is -0.457 e. The number of urea groups is 1. The van der Waals surface area contributed by atoms with Crippen molar-refractivity contribution in [2.75, 3.05) is 0 Å². The number of rotatable bonds is 5. The van der Waals surface area contributed by atoms with E-state index in [9.17, 15) is 9.59 Å². The molecule has 0 aliphatic carbocycles. The molecule has 2 aromatic carbocycles. The van der Waals surface area contributed by atoms with Crippen LogP contribution < -0.4 is 10.6 Å². The molecule has 3 rings (SSSR count). The topological polar surface area (TPSA) is 67.4 Å². The van der Waals surface area contributed by atoms with Gasteiger partial charge in [0.1, 0.15) is 6.61 Å². The van der Waals surface area contributed by atoms with E-state index in [1.807, 2.05) is 66.7 Å². The summed E-state index contributed by atoms with van der Waals surface area (Å²) in [6.45, 7) is 1.88. The van der Waals surface area contributed by atoms with Crippen molar-refractivity contribution in [3.8, 4) is 0 Å². The summed E-state index contributed by atoms with van der Waals surface area (Å²) >= 11 is 0. The lowest BCUT2D eigenvalue weighted by Crippen LogP contribution is -2.49. The molecule has 2 N–H and O–H groups in total. The van der Waals surface area contributed by atoms with Crippen LogP contribution in [0.25, 0.3) is 6.08 Å². The third-order valence-corrected chi connectivity index (χ3v) is 4.02. The van der Waals surface area contributed by atoms with E-state index >= 15 is 0 Å². The molecule has 0 radical (unpaired) electrons. The molecule has 0 fully saturated rings. The summed E-state index contributed by atoms with van der Waals surface area (Å²) in [5.41, 5.74) is 2.78. The molecule has 1 heterocycles. The summed E-state index contributed by atoms with van der Waals surface area (Å²) in [5.74, 6) is -0.457. The Morgan fingerprint density at radius 2 is 1.73 bits per heavy atom. The number of hydrogen-bond donors (Lipinski definition) is 2. The molecule has 0 unspecified atom stereocenters. The zero-order chi connectivity index (χ0) is 18.4. The van der Waals surface area contributed by atoms with Crippen LogP contribution in [0.3, 0.4) is 0 Å². The summed E-state index contributed by atoms with van der Waals surface area (Å²) in [4.78, 5) is 24.4. The maximum atomic E-state index is 12.6. The smallest absolute Gasteiger partial charge is 0.338 e. The van der Waals surface area contributed by atoms with Crippen LogP contribution in [0, 0.1) is 0 Å². The van der Waals surface area contributed by atoms with Gasteiger partial charge >= 0.3 is 12.0 Å². The highest BCUT2D eigenvalue weighted by molar-refractivity contribution is 5.95. The van der Waals surface area contributed by atoms with Crippen LogP contribution >= 0.6 is 0 Å². The second kappa shape index (κ2) is 8.16. The van der Waals surface area contributed by atoms with Gasteiger partial charge in [-0.05, 0) is 18.1 Å². The number of nitrogens with one attached hydrogen (secondary N) is 2. The van der Waals surface area contributed by atoms with Gasteiger partial charge < -0.3 is 15.4 Å². The van der Waals surface area contributed by atoms with Gasteiger partial charge in [0, 0.05) is 5.70 Å². The Balaban J connectivity index is 1.76. The average Bonchev–Trinajstić information content (AvgIpc) is 2.66. The molecule has 2 amide bonds. The summed E-state index contributed by atoms with van der Waals surface area (Å²) in [5, 5.41) is 5.38. The molecule has 0 spiro atoms. The second-order valence-electron chi connectivity index (χ2n) is 5.95. The molecule has 0 saturated heterocycles. The number of hydrogen-bond acceptors (Lipinski definition) is 3. The molecule has 0 aromatic heterocycles. The zero-order valence-corrected chi connectivity index (χ0v) is 14.4. The Labute approximate surface area is 152 Å². The van der Waals surface area contributed by atoms with Crippen molar-refractivity contribution in [1.29, 1.82) is 0 Å². The predicted octanol–water partition coefficient (Wildman–Crippen LogP) is 3.40. The lowest BCUT2D eigenvalue weighted by atomic mass is 10.0. The molecule has 132 valence electrons. The SMILES string of the molecule is CC1=C(C(=O)OCc2ccccc2)[C@H](/C=C\c2ccccc2)NC(=O)N1.